The van der Waals surface area contributed by atoms with Gasteiger partial charge in [-0.15, -0.1) is 0 Å². The minimum Gasteiger partial charge on any atom is -0.481 e. The molecule has 5 aliphatic carbocycles. The van der Waals surface area contributed by atoms with E-state index in [4.69, 9.17) is 0 Å². The van der Waals surface area contributed by atoms with Gasteiger partial charge in [-0.25, -0.2) is 0 Å². The van der Waals surface area contributed by atoms with Crippen LogP contribution in [0.2, 0.25) is 0 Å². The van der Waals surface area contributed by atoms with E-state index in [1.54, 1.807) is 0 Å². The Labute approximate surface area is 205 Å². The highest BCUT2D eigenvalue weighted by molar-refractivity contribution is 5.95. The third-order valence-electron chi connectivity index (χ3n) is 12.4. The number of allylic oxidation sites excluding steroid dienone is 3. The summed E-state index contributed by atoms with van der Waals surface area (Å²) in [5.41, 5.74) is -0.656. The molecule has 0 saturated heterocycles. The lowest BCUT2D eigenvalue weighted by Crippen LogP contribution is -2.67. The SMILES string of the molecule is CC1(C)CC[C@]2(C(=O)O)C[C@H](O)[C@]3(C)C(=CC[C@@H]4[C@@]5(C)C=CC(=O)C(C)(C)[C@@H]5CC[C@]43C)[C@@H]2C1. The largest absolute Gasteiger partial charge is 0.481 e. The van der Waals surface area contributed by atoms with E-state index in [9.17, 15) is 19.8 Å². The molecule has 0 bridgehead atoms. The van der Waals surface area contributed by atoms with Gasteiger partial charge in [-0.2, -0.15) is 0 Å². The summed E-state index contributed by atoms with van der Waals surface area (Å²) >= 11 is 0. The summed E-state index contributed by atoms with van der Waals surface area (Å²) in [5, 5.41) is 22.4. The number of fused-ring (bicyclic) bond motifs is 7. The van der Waals surface area contributed by atoms with Crippen molar-refractivity contribution < 1.29 is 19.8 Å². The summed E-state index contributed by atoms with van der Waals surface area (Å²) in [4.78, 5) is 25.6. The predicted octanol–water partition coefficient (Wildman–Crippen LogP) is 6.19. The monoisotopic (exact) mass is 468 g/mol. The Morgan fingerprint density at radius 2 is 1.65 bits per heavy atom. The highest BCUT2D eigenvalue weighted by Crippen LogP contribution is 2.74. The number of rotatable bonds is 1. The van der Waals surface area contributed by atoms with Gasteiger partial charge in [-0.05, 0) is 85.0 Å². The first kappa shape index (κ1) is 24.3. The third kappa shape index (κ3) is 2.70. The molecule has 5 aliphatic rings. The van der Waals surface area contributed by atoms with Gasteiger partial charge in [0, 0.05) is 10.8 Å². The van der Waals surface area contributed by atoms with E-state index in [2.05, 4.69) is 60.6 Å². The maximum absolute atomic E-state index is 12.8. The molecule has 0 radical (unpaired) electrons. The Morgan fingerprint density at radius 3 is 2.29 bits per heavy atom. The van der Waals surface area contributed by atoms with E-state index in [1.807, 2.05) is 6.08 Å². The van der Waals surface area contributed by atoms with Crippen LogP contribution < -0.4 is 0 Å². The number of carboxylic acids is 1. The van der Waals surface area contributed by atoms with E-state index in [0.29, 0.717) is 18.8 Å². The van der Waals surface area contributed by atoms with Gasteiger partial charge in [0.25, 0.3) is 0 Å². The summed E-state index contributed by atoms with van der Waals surface area (Å²) in [6, 6.07) is 0. The van der Waals surface area contributed by atoms with Gasteiger partial charge < -0.3 is 10.2 Å². The van der Waals surface area contributed by atoms with Gasteiger partial charge in [-0.1, -0.05) is 66.2 Å². The molecule has 4 heteroatoms. The molecular formula is C30H44O4. The molecular weight excluding hydrogens is 424 g/mol. The molecule has 3 fully saturated rings. The van der Waals surface area contributed by atoms with Crippen molar-refractivity contribution in [1.29, 1.82) is 0 Å². The zero-order chi connectivity index (χ0) is 25.1. The van der Waals surface area contributed by atoms with Gasteiger partial charge >= 0.3 is 5.97 Å². The van der Waals surface area contributed by atoms with E-state index in [-0.39, 0.29) is 39.3 Å². The lowest BCUT2D eigenvalue weighted by atomic mass is 9.33. The molecule has 0 aliphatic heterocycles. The van der Waals surface area contributed by atoms with E-state index < -0.39 is 22.9 Å². The average molecular weight is 469 g/mol. The summed E-state index contributed by atoms with van der Waals surface area (Å²) in [7, 11) is 0. The molecule has 2 N–H and O–H groups in total. The zero-order valence-corrected chi connectivity index (χ0v) is 22.2. The van der Waals surface area contributed by atoms with Crippen LogP contribution in [-0.4, -0.2) is 28.1 Å². The number of aliphatic hydroxyl groups is 1. The Balaban J connectivity index is 1.67. The first-order valence-corrected chi connectivity index (χ1v) is 13.4. The van der Waals surface area contributed by atoms with Crippen LogP contribution >= 0.6 is 0 Å². The Bertz CT molecular complexity index is 1000. The first-order valence-electron chi connectivity index (χ1n) is 13.4. The molecule has 0 spiro atoms. The van der Waals surface area contributed by atoms with Gasteiger partial charge in [-0.3, -0.25) is 9.59 Å². The molecule has 3 saturated carbocycles. The van der Waals surface area contributed by atoms with Gasteiger partial charge in [0.2, 0.25) is 0 Å². The van der Waals surface area contributed by atoms with E-state index in [0.717, 1.165) is 32.1 Å². The van der Waals surface area contributed by atoms with Crippen molar-refractivity contribution in [3.63, 3.8) is 0 Å². The van der Waals surface area contributed by atoms with Crippen LogP contribution in [0.5, 0.6) is 0 Å². The maximum Gasteiger partial charge on any atom is 0.310 e. The molecule has 188 valence electrons. The normalized spacial score (nSPS) is 50.8. The van der Waals surface area contributed by atoms with Crippen LogP contribution in [-0.2, 0) is 9.59 Å². The molecule has 4 nitrogen and oxygen atoms in total. The van der Waals surface area contributed by atoms with Crippen LogP contribution in [0.4, 0.5) is 0 Å². The Morgan fingerprint density at radius 1 is 0.971 bits per heavy atom. The summed E-state index contributed by atoms with van der Waals surface area (Å²) in [6.07, 6.45) is 11.2. The molecule has 0 amide bonds. The Hall–Kier alpha value is -1.42. The molecule has 5 rings (SSSR count). The lowest BCUT2D eigenvalue weighted by molar-refractivity contribution is -0.200. The lowest BCUT2D eigenvalue weighted by Gasteiger charge is -2.70. The van der Waals surface area contributed by atoms with Gasteiger partial charge in [0.1, 0.15) is 0 Å². The van der Waals surface area contributed by atoms with Crippen molar-refractivity contribution in [2.45, 2.75) is 99.5 Å². The molecule has 0 unspecified atom stereocenters. The molecule has 8 atom stereocenters. The smallest absolute Gasteiger partial charge is 0.310 e. The van der Waals surface area contributed by atoms with Crippen LogP contribution in [0.3, 0.4) is 0 Å². The van der Waals surface area contributed by atoms with Crippen molar-refractivity contribution in [3.8, 4) is 0 Å². The minimum absolute atomic E-state index is 0.0228. The number of ketones is 1. The van der Waals surface area contributed by atoms with Crippen LogP contribution in [0, 0.1) is 50.2 Å². The van der Waals surface area contributed by atoms with Crippen molar-refractivity contribution in [2.75, 3.05) is 0 Å². The van der Waals surface area contributed by atoms with Gasteiger partial charge in [0.05, 0.1) is 11.5 Å². The zero-order valence-electron chi connectivity index (χ0n) is 22.2. The Kier molecular flexibility index (Phi) is 4.90. The molecule has 0 aromatic rings. The summed E-state index contributed by atoms with van der Waals surface area (Å²) < 4.78 is 0. The fourth-order valence-corrected chi connectivity index (χ4v) is 10.0. The highest BCUT2D eigenvalue weighted by atomic mass is 16.4. The van der Waals surface area contributed by atoms with E-state index >= 15 is 0 Å². The van der Waals surface area contributed by atoms with Crippen molar-refractivity contribution in [1.82, 2.24) is 0 Å². The van der Waals surface area contributed by atoms with Crippen LogP contribution in [0.25, 0.3) is 0 Å². The number of aliphatic carboxylic acids is 1. The first-order chi connectivity index (χ1) is 15.6. The van der Waals surface area contributed by atoms with Crippen LogP contribution in [0.1, 0.15) is 93.4 Å². The summed E-state index contributed by atoms with van der Waals surface area (Å²) in [6.45, 7) is 15.7. The number of carboxylic acid groups (broad SMARTS) is 1. The van der Waals surface area contributed by atoms with E-state index in [1.165, 1.54) is 5.57 Å². The average Bonchev–Trinajstić information content (AvgIpc) is 2.72. The summed E-state index contributed by atoms with van der Waals surface area (Å²) in [5.74, 6) is 0.0605. The maximum atomic E-state index is 12.8. The number of hydrogen-bond donors (Lipinski definition) is 2. The number of carbonyl (C=O) groups excluding carboxylic acids is 1. The number of aliphatic hydroxyl groups excluding tert-OH is 1. The quantitative estimate of drug-likeness (QED) is 0.450. The molecule has 0 aromatic carbocycles. The van der Waals surface area contributed by atoms with Crippen LogP contribution in [0.15, 0.2) is 23.8 Å². The minimum atomic E-state index is -0.857. The second-order valence-electron chi connectivity index (χ2n) is 14.5. The third-order valence-corrected chi connectivity index (χ3v) is 12.4. The number of carbonyl (C=O) groups is 2. The fraction of sp³-hybridized carbons (Fsp3) is 0.800. The van der Waals surface area contributed by atoms with Crippen molar-refractivity contribution in [2.24, 2.45) is 50.2 Å². The molecule has 34 heavy (non-hydrogen) atoms. The van der Waals surface area contributed by atoms with Gasteiger partial charge in [0.15, 0.2) is 5.78 Å². The van der Waals surface area contributed by atoms with Crippen molar-refractivity contribution >= 4 is 11.8 Å². The second-order valence-corrected chi connectivity index (χ2v) is 14.5. The fourth-order valence-electron chi connectivity index (χ4n) is 10.0. The second kappa shape index (κ2) is 6.87. The topological polar surface area (TPSA) is 74.6 Å². The van der Waals surface area contributed by atoms with Crippen molar-refractivity contribution in [3.05, 3.63) is 23.8 Å². The highest BCUT2D eigenvalue weighted by Gasteiger charge is 2.71. The molecule has 0 aromatic heterocycles. The molecule has 0 heterocycles. The standard InChI is InChI=1S/C30H44O4/c1-25(2)14-15-30(24(33)34)17-23(32)29(7)18(19(30)16-25)8-9-21-27(5)12-11-22(31)26(3,4)20(27)10-13-28(21,29)6/h8,11-12,19-21,23,32H,9-10,13-17H2,1-7H3,(H,33,34)/t19-,20-,21+,23-,27-,28+,29-,30-/m0/s1. The number of hydrogen-bond acceptors (Lipinski definition) is 3. The predicted molar refractivity (Wildman–Crippen MR) is 133 cm³/mol.